The zero-order chi connectivity index (χ0) is 31.2. The minimum atomic E-state index is -0.0283. The SMILES string of the molecule is Cn1c(=O)n(C)c2cc(-c3ccc(-c4cc(-c5ccc(-c6cccc7ccccc67)cc5)nc(-c5ccccc5)n4)cc3)ccc21. The Labute approximate surface area is 266 Å². The number of benzene rings is 6. The van der Waals surface area contributed by atoms with Crippen LogP contribution in [0, 0.1) is 0 Å². The van der Waals surface area contributed by atoms with Gasteiger partial charge in [0.15, 0.2) is 5.82 Å². The minimum absolute atomic E-state index is 0.0283. The van der Waals surface area contributed by atoms with Crippen LogP contribution in [0.4, 0.5) is 0 Å². The molecule has 0 aliphatic heterocycles. The Morgan fingerprint density at radius 1 is 0.457 bits per heavy atom. The lowest BCUT2D eigenvalue weighted by Gasteiger charge is -2.11. The van der Waals surface area contributed by atoms with Gasteiger partial charge in [0.2, 0.25) is 0 Å². The first-order valence-corrected chi connectivity index (χ1v) is 15.3. The molecular formula is C41H30N4O. The predicted molar refractivity (Wildman–Crippen MR) is 188 cm³/mol. The maximum Gasteiger partial charge on any atom is 0.328 e. The predicted octanol–water partition coefficient (Wildman–Crippen LogP) is 9.16. The summed E-state index contributed by atoms with van der Waals surface area (Å²) in [5.41, 5.74) is 11.0. The number of nitrogens with zero attached hydrogens (tertiary/aromatic N) is 4. The molecule has 0 atom stereocenters. The van der Waals surface area contributed by atoms with Crippen molar-refractivity contribution in [3.05, 3.63) is 156 Å². The molecule has 0 saturated heterocycles. The lowest BCUT2D eigenvalue weighted by atomic mass is 9.97. The molecular weight excluding hydrogens is 564 g/mol. The molecule has 5 heteroatoms. The molecule has 8 rings (SSSR count). The van der Waals surface area contributed by atoms with Gasteiger partial charge in [0.1, 0.15) is 0 Å². The van der Waals surface area contributed by atoms with Crippen molar-refractivity contribution >= 4 is 21.8 Å². The van der Waals surface area contributed by atoms with Gasteiger partial charge in [-0.25, -0.2) is 14.8 Å². The third kappa shape index (κ3) is 4.79. The molecule has 0 aliphatic rings. The van der Waals surface area contributed by atoms with Crippen LogP contribution in [0.2, 0.25) is 0 Å². The lowest BCUT2D eigenvalue weighted by molar-refractivity contribution is 0.795. The van der Waals surface area contributed by atoms with E-state index in [-0.39, 0.29) is 5.69 Å². The molecule has 220 valence electrons. The molecule has 0 radical (unpaired) electrons. The lowest BCUT2D eigenvalue weighted by Crippen LogP contribution is -2.19. The van der Waals surface area contributed by atoms with Crippen molar-refractivity contribution in [3.63, 3.8) is 0 Å². The number of aromatic nitrogens is 4. The molecule has 5 nitrogen and oxygen atoms in total. The van der Waals surface area contributed by atoms with E-state index in [1.807, 2.05) is 43.4 Å². The molecule has 0 amide bonds. The largest absolute Gasteiger partial charge is 0.328 e. The average molecular weight is 595 g/mol. The second kappa shape index (κ2) is 11.1. The summed E-state index contributed by atoms with van der Waals surface area (Å²) in [5, 5.41) is 2.47. The summed E-state index contributed by atoms with van der Waals surface area (Å²) in [6, 6.07) is 50.3. The maximum atomic E-state index is 12.4. The van der Waals surface area contributed by atoms with Crippen LogP contribution in [0.25, 0.3) is 78.0 Å². The Balaban J connectivity index is 1.18. The molecule has 0 spiro atoms. The van der Waals surface area contributed by atoms with Gasteiger partial charge < -0.3 is 0 Å². The van der Waals surface area contributed by atoms with Crippen LogP contribution in [0.5, 0.6) is 0 Å². The molecule has 2 heterocycles. The van der Waals surface area contributed by atoms with E-state index in [1.165, 1.54) is 21.9 Å². The van der Waals surface area contributed by atoms with E-state index in [9.17, 15) is 4.79 Å². The molecule has 2 aromatic heterocycles. The highest BCUT2D eigenvalue weighted by atomic mass is 16.1. The third-order valence-corrected chi connectivity index (χ3v) is 8.83. The van der Waals surface area contributed by atoms with Crippen LogP contribution in [0.1, 0.15) is 0 Å². The summed E-state index contributed by atoms with van der Waals surface area (Å²) in [4.78, 5) is 22.5. The summed E-state index contributed by atoms with van der Waals surface area (Å²) in [6.45, 7) is 0. The second-order valence-electron chi connectivity index (χ2n) is 11.6. The van der Waals surface area contributed by atoms with Gasteiger partial charge in [0, 0.05) is 30.8 Å². The number of imidazole rings is 1. The van der Waals surface area contributed by atoms with Gasteiger partial charge >= 0.3 is 5.69 Å². The van der Waals surface area contributed by atoms with Crippen LogP contribution in [0.15, 0.2) is 150 Å². The van der Waals surface area contributed by atoms with Gasteiger partial charge in [-0.05, 0) is 51.2 Å². The molecule has 0 unspecified atom stereocenters. The van der Waals surface area contributed by atoms with Crippen LogP contribution in [0.3, 0.4) is 0 Å². The minimum Gasteiger partial charge on any atom is -0.295 e. The van der Waals surface area contributed by atoms with Crippen LogP contribution in [-0.4, -0.2) is 19.1 Å². The molecule has 6 aromatic carbocycles. The quantitative estimate of drug-likeness (QED) is 0.200. The fourth-order valence-electron chi connectivity index (χ4n) is 6.28. The average Bonchev–Trinajstić information content (AvgIpc) is 3.34. The van der Waals surface area contributed by atoms with Crippen LogP contribution in [-0.2, 0) is 14.1 Å². The number of fused-ring (bicyclic) bond motifs is 2. The Morgan fingerprint density at radius 2 is 1.02 bits per heavy atom. The van der Waals surface area contributed by atoms with Crippen LogP contribution >= 0.6 is 0 Å². The zero-order valence-corrected chi connectivity index (χ0v) is 25.6. The number of hydrogen-bond acceptors (Lipinski definition) is 3. The van der Waals surface area contributed by atoms with E-state index < -0.39 is 0 Å². The smallest absolute Gasteiger partial charge is 0.295 e. The Morgan fingerprint density at radius 3 is 1.74 bits per heavy atom. The summed E-state index contributed by atoms with van der Waals surface area (Å²) in [7, 11) is 3.62. The van der Waals surface area contributed by atoms with Gasteiger partial charge in [0.25, 0.3) is 0 Å². The molecule has 8 aromatic rings. The third-order valence-electron chi connectivity index (χ3n) is 8.83. The first-order chi connectivity index (χ1) is 22.5. The molecule has 0 N–H and O–H groups in total. The van der Waals surface area contributed by atoms with Crippen LogP contribution < -0.4 is 5.69 Å². The highest BCUT2D eigenvalue weighted by molar-refractivity contribution is 5.97. The van der Waals surface area contributed by atoms with Gasteiger partial charge in [-0.2, -0.15) is 0 Å². The van der Waals surface area contributed by atoms with E-state index in [1.54, 1.807) is 16.2 Å². The molecule has 0 bridgehead atoms. The summed E-state index contributed by atoms with van der Waals surface area (Å²) in [6.07, 6.45) is 0. The van der Waals surface area contributed by atoms with E-state index in [0.29, 0.717) is 5.82 Å². The van der Waals surface area contributed by atoms with Crippen molar-refractivity contribution < 1.29 is 0 Å². The first kappa shape index (κ1) is 27.5. The number of rotatable bonds is 5. The Bertz CT molecular complexity index is 2430. The number of aryl methyl sites for hydroxylation is 2. The van der Waals surface area contributed by atoms with Gasteiger partial charge in [0.05, 0.1) is 22.4 Å². The molecule has 0 fully saturated rings. The monoisotopic (exact) mass is 594 g/mol. The maximum absolute atomic E-state index is 12.4. The standard InChI is InChI=1S/C41H30N4O/c1-44-38-24-23-33(25-39(38)45(2)41(44)46)27-15-19-30(20-16-27)36-26-37(43-40(42-36)32-10-4-3-5-11-32)31-21-17-29(18-22-31)35-14-8-12-28-9-6-7-13-34(28)35/h3-26H,1-2H3. The van der Waals surface area contributed by atoms with Crippen molar-refractivity contribution in [1.29, 1.82) is 0 Å². The fourth-order valence-corrected chi connectivity index (χ4v) is 6.28. The van der Waals surface area contributed by atoms with Crippen molar-refractivity contribution in [2.24, 2.45) is 14.1 Å². The second-order valence-corrected chi connectivity index (χ2v) is 11.6. The highest BCUT2D eigenvalue weighted by Gasteiger charge is 2.13. The van der Waals surface area contributed by atoms with Gasteiger partial charge in [-0.1, -0.05) is 127 Å². The Kier molecular flexibility index (Phi) is 6.65. The Hall–Kier alpha value is -6.07. The molecule has 46 heavy (non-hydrogen) atoms. The van der Waals surface area contributed by atoms with E-state index in [0.717, 1.165) is 50.2 Å². The molecule has 0 aliphatic carbocycles. The first-order valence-electron chi connectivity index (χ1n) is 15.3. The van der Waals surface area contributed by atoms with E-state index in [2.05, 4.69) is 109 Å². The van der Waals surface area contributed by atoms with E-state index >= 15 is 0 Å². The topological polar surface area (TPSA) is 52.7 Å². The summed E-state index contributed by atoms with van der Waals surface area (Å²) in [5.74, 6) is 0.686. The summed E-state index contributed by atoms with van der Waals surface area (Å²) < 4.78 is 3.37. The van der Waals surface area contributed by atoms with Crippen molar-refractivity contribution in [2.75, 3.05) is 0 Å². The summed E-state index contributed by atoms with van der Waals surface area (Å²) >= 11 is 0. The fraction of sp³-hybridized carbons (Fsp3) is 0.0488. The zero-order valence-electron chi connectivity index (χ0n) is 25.6. The van der Waals surface area contributed by atoms with Gasteiger partial charge in [-0.3, -0.25) is 9.13 Å². The normalized spacial score (nSPS) is 11.3. The van der Waals surface area contributed by atoms with Crippen molar-refractivity contribution in [2.45, 2.75) is 0 Å². The molecule has 0 saturated carbocycles. The van der Waals surface area contributed by atoms with Gasteiger partial charge in [-0.15, -0.1) is 0 Å². The van der Waals surface area contributed by atoms with Crippen molar-refractivity contribution in [1.82, 2.24) is 19.1 Å². The number of hydrogen-bond donors (Lipinski definition) is 0. The highest BCUT2D eigenvalue weighted by Crippen LogP contribution is 2.33. The van der Waals surface area contributed by atoms with E-state index in [4.69, 9.17) is 9.97 Å². The van der Waals surface area contributed by atoms with Crippen molar-refractivity contribution in [3.8, 4) is 56.2 Å².